The predicted molar refractivity (Wildman–Crippen MR) is 92.0 cm³/mol. The summed E-state index contributed by atoms with van der Waals surface area (Å²) in [6, 6.07) is 7.39. The summed E-state index contributed by atoms with van der Waals surface area (Å²) in [6.45, 7) is 4.55. The number of piperidine rings is 1. The van der Waals surface area contributed by atoms with Crippen LogP contribution in [0.4, 0.5) is 0 Å². The van der Waals surface area contributed by atoms with E-state index in [4.69, 9.17) is 16.3 Å². The van der Waals surface area contributed by atoms with Gasteiger partial charge in [0.25, 0.3) is 0 Å². The molecule has 2 saturated heterocycles. The quantitative estimate of drug-likeness (QED) is 0.838. The van der Waals surface area contributed by atoms with Crippen LogP contribution in [0.3, 0.4) is 0 Å². The lowest BCUT2D eigenvalue weighted by atomic mass is 10.0. The molecule has 2 amide bonds. The molecule has 0 N–H and O–H groups in total. The summed E-state index contributed by atoms with van der Waals surface area (Å²) >= 11 is 5.97. The molecule has 0 bridgehead atoms. The fraction of sp³-hybridized carbons (Fsp3) is 0.556. The van der Waals surface area contributed by atoms with Crippen molar-refractivity contribution < 1.29 is 14.3 Å². The van der Waals surface area contributed by atoms with E-state index in [2.05, 4.69) is 0 Å². The zero-order valence-corrected chi connectivity index (χ0v) is 14.7. The average molecular weight is 351 g/mol. The van der Waals surface area contributed by atoms with Gasteiger partial charge in [-0.3, -0.25) is 9.59 Å². The molecule has 3 rings (SSSR count). The first kappa shape index (κ1) is 17.1. The number of benzene rings is 1. The normalized spacial score (nSPS) is 22.1. The first-order chi connectivity index (χ1) is 11.6. The van der Waals surface area contributed by atoms with Crippen molar-refractivity contribution in [3.05, 3.63) is 29.3 Å². The third kappa shape index (κ3) is 3.83. The maximum absolute atomic E-state index is 12.6. The minimum absolute atomic E-state index is 0.0926. The highest BCUT2D eigenvalue weighted by molar-refractivity contribution is 6.30. The number of halogens is 1. The van der Waals surface area contributed by atoms with Crippen molar-refractivity contribution >= 4 is 23.4 Å². The van der Waals surface area contributed by atoms with Crippen LogP contribution >= 0.6 is 11.6 Å². The summed E-state index contributed by atoms with van der Waals surface area (Å²) in [5.74, 6) is 0.797. The molecule has 0 radical (unpaired) electrons. The summed E-state index contributed by atoms with van der Waals surface area (Å²) in [7, 11) is 0. The SMILES string of the molecule is CCN1CC(C(=O)N2CCC(Oc3cccc(Cl)c3)CC2)CC1=O. The molecule has 0 aromatic heterocycles. The lowest BCUT2D eigenvalue weighted by Crippen LogP contribution is -2.44. The summed E-state index contributed by atoms with van der Waals surface area (Å²) < 4.78 is 5.96. The van der Waals surface area contributed by atoms with Gasteiger partial charge in [-0.05, 0) is 25.1 Å². The van der Waals surface area contributed by atoms with E-state index in [1.807, 2.05) is 36.1 Å². The fourth-order valence-corrected chi connectivity index (χ4v) is 3.61. The topological polar surface area (TPSA) is 49.9 Å². The van der Waals surface area contributed by atoms with Crippen molar-refractivity contribution in [2.75, 3.05) is 26.2 Å². The van der Waals surface area contributed by atoms with Gasteiger partial charge >= 0.3 is 0 Å². The molecule has 0 saturated carbocycles. The number of amides is 2. The third-order valence-electron chi connectivity index (χ3n) is 4.80. The Morgan fingerprint density at radius 1 is 1.33 bits per heavy atom. The largest absolute Gasteiger partial charge is 0.490 e. The van der Waals surface area contributed by atoms with Gasteiger partial charge in [0.2, 0.25) is 11.8 Å². The Hall–Kier alpha value is -1.75. The summed E-state index contributed by atoms with van der Waals surface area (Å²) in [4.78, 5) is 28.1. The molecular weight excluding hydrogens is 328 g/mol. The van der Waals surface area contributed by atoms with Crippen LogP contribution in [0.15, 0.2) is 24.3 Å². The van der Waals surface area contributed by atoms with Crippen LogP contribution in [0.5, 0.6) is 5.75 Å². The van der Waals surface area contributed by atoms with Crippen molar-refractivity contribution in [2.24, 2.45) is 5.92 Å². The second kappa shape index (κ2) is 7.43. The van der Waals surface area contributed by atoms with E-state index < -0.39 is 0 Å². The highest BCUT2D eigenvalue weighted by Gasteiger charge is 2.36. The second-order valence-corrected chi connectivity index (χ2v) is 6.87. The molecule has 130 valence electrons. The highest BCUT2D eigenvalue weighted by Crippen LogP contribution is 2.25. The van der Waals surface area contributed by atoms with Crippen LogP contribution in [0, 0.1) is 5.92 Å². The average Bonchev–Trinajstić information content (AvgIpc) is 2.96. The molecule has 1 atom stereocenters. The maximum atomic E-state index is 12.6. The van der Waals surface area contributed by atoms with E-state index in [0.29, 0.717) is 37.6 Å². The lowest BCUT2D eigenvalue weighted by Gasteiger charge is -2.33. The minimum Gasteiger partial charge on any atom is -0.490 e. The molecule has 1 unspecified atom stereocenters. The van der Waals surface area contributed by atoms with Crippen LogP contribution in [-0.2, 0) is 9.59 Å². The van der Waals surface area contributed by atoms with Gasteiger partial charge in [0.1, 0.15) is 11.9 Å². The van der Waals surface area contributed by atoms with E-state index in [-0.39, 0.29) is 23.8 Å². The molecule has 6 heteroatoms. The third-order valence-corrected chi connectivity index (χ3v) is 5.03. The Labute approximate surface area is 147 Å². The molecule has 2 heterocycles. The molecular formula is C18H23ClN2O3. The van der Waals surface area contributed by atoms with E-state index in [0.717, 1.165) is 18.6 Å². The first-order valence-electron chi connectivity index (χ1n) is 8.55. The Kier molecular flexibility index (Phi) is 5.29. The molecule has 5 nitrogen and oxygen atoms in total. The number of rotatable bonds is 4. The molecule has 2 aliphatic rings. The smallest absolute Gasteiger partial charge is 0.227 e. The van der Waals surface area contributed by atoms with E-state index >= 15 is 0 Å². The van der Waals surface area contributed by atoms with Gasteiger partial charge in [-0.25, -0.2) is 0 Å². The Balaban J connectivity index is 1.50. The minimum atomic E-state index is -0.178. The summed E-state index contributed by atoms with van der Waals surface area (Å²) in [5.41, 5.74) is 0. The number of hydrogen-bond acceptors (Lipinski definition) is 3. The molecule has 0 spiro atoms. The van der Waals surface area contributed by atoms with Crippen molar-refractivity contribution in [3.63, 3.8) is 0 Å². The second-order valence-electron chi connectivity index (χ2n) is 6.43. The van der Waals surface area contributed by atoms with Gasteiger partial charge in [0.05, 0.1) is 5.92 Å². The van der Waals surface area contributed by atoms with Crippen molar-refractivity contribution in [1.29, 1.82) is 0 Å². The maximum Gasteiger partial charge on any atom is 0.227 e. The van der Waals surface area contributed by atoms with Crippen molar-refractivity contribution in [1.82, 2.24) is 9.80 Å². The standard InChI is InChI=1S/C18H23ClN2O3/c1-2-20-12-13(10-17(20)22)18(23)21-8-6-15(7-9-21)24-16-5-3-4-14(19)11-16/h3-5,11,13,15H,2,6-10,12H2,1H3. The number of likely N-dealkylation sites (tertiary alicyclic amines) is 2. The highest BCUT2D eigenvalue weighted by atomic mass is 35.5. The Bertz CT molecular complexity index is 614. The molecule has 1 aromatic rings. The number of nitrogens with zero attached hydrogens (tertiary/aromatic N) is 2. The molecule has 2 fully saturated rings. The Morgan fingerprint density at radius 2 is 2.08 bits per heavy atom. The van der Waals surface area contributed by atoms with E-state index in [1.54, 1.807) is 4.90 Å². The predicted octanol–water partition coefficient (Wildman–Crippen LogP) is 2.58. The summed E-state index contributed by atoms with van der Waals surface area (Å²) in [5, 5.41) is 0.659. The number of hydrogen-bond donors (Lipinski definition) is 0. The Morgan fingerprint density at radius 3 is 2.71 bits per heavy atom. The van der Waals surface area contributed by atoms with Gasteiger partial charge in [0, 0.05) is 50.5 Å². The zero-order chi connectivity index (χ0) is 17.1. The van der Waals surface area contributed by atoms with Crippen molar-refractivity contribution in [3.8, 4) is 5.75 Å². The molecule has 1 aromatic carbocycles. The molecule has 24 heavy (non-hydrogen) atoms. The van der Waals surface area contributed by atoms with Crippen LogP contribution < -0.4 is 4.74 Å². The first-order valence-corrected chi connectivity index (χ1v) is 8.93. The van der Waals surface area contributed by atoms with E-state index in [9.17, 15) is 9.59 Å². The fourth-order valence-electron chi connectivity index (χ4n) is 3.43. The number of carbonyl (C=O) groups is 2. The summed E-state index contributed by atoms with van der Waals surface area (Å²) in [6.07, 6.45) is 2.06. The van der Waals surface area contributed by atoms with Gasteiger partial charge < -0.3 is 14.5 Å². The lowest BCUT2D eigenvalue weighted by molar-refractivity contribution is -0.137. The van der Waals surface area contributed by atoms with Gasteiger partial charge in [-0.15, -0.1) is 0 Å². The van der Waals surface area contributed by atoms with Crippen molar-refractivity contribution in [2.45, 2.75) is 32.3 Å². The monoisotopic (exact) mass is 350 g/mol. The van der Waals surface area contributed by atoms with Crippen LogP contribution in [0.1, 0.15) is 26.2 Å². The van der Waals surface area contributed by atoms with Crippen LogP contribution in [0.25, 0.3) is 0 Å². The van der Waals surface area contributed by atoms with Crippen LogP contribution in [-0.4, -0.2) is 53.9 Å². The van der Waals surface area contributed by atoms with Gasteiger partial charge in [-0.2, -0.15) is 0 Å². The van der Waals surface area contributed by atoms with Gasteiger partial charge in [-0.1, -0.05) is 17.7 Å². The number of carbonyl (C=O) groups excluding carboxylic acids is 2. The molecule has 2 aliphatic heterocycles. The van der Waals surface area contributed by atoms with E-state index in [1.165, 1.54) is 0 Å². The van der Waals surface area contributed by atoms with Crippen LogP contribution in [0.2, 0.25) is 5.02 Å². The zero-order valence-electron chi connectivity index (χ0n) is 13.9. The molecule has 0 aliphatic carbocycles. The number of ether oxygens (including phenoxy) is 1. The van der Waals surface area contributed by atoms with Gasteiger partial charge in [0.15, 0.2) is 0 Å².